The molecule has 2 aromatic carbocycles. The number of carbonyl (C=O) groups excluding carboxylic acids is 1. The van der Waals surface area contributed by atoms with Crippen molar-refractivity contribution >= 4 is 5.91 Å². The van der Waals surface area contributed by atoms with Crippen molar-refractivity contribution in [3.8, 4) is 11.3 Å². The van der Waals surface area contributed by atoms with Gasteiger partial charge in [0.05, 0.1) is 11.7 Å². The van der Waals surface area contributed by atoms with E-state index in [9.17, 15) is 4.79 Å². The van der Waals surface area contributed by atoms with Crippen LogP contribution in [-0.2, 0) is 7.05 Å². The lowest BCUT2D eigenvalue weighted by molar-refractivity contribution is 0.0760. The van der Waals surface area contributed by atoms with Crippen LogP contribution in [0.4, 0.5) is 0 Å². The molecule has 0 saturated carbocycles. The van der Waals surface area contributed by atoms with Crippen LogP contribution >= 0.6 is 0 Å². The zero-order chi connectivity index (χ0) is 18.3. The minimum absolute atomic E-state index is 0.00246. The molecule has 0 aliphatic carbocycles. The van der Waals surface area contributed by atoms with Crippen molar-refractivity contribution in [3.63, 3.8) is 0 Å². The molecule has 1 aliphatic heterocycles. The Hall–Kier alpha value is -3.14. The third kappa shape index (κ3) is 2.46. The minimum atomic E-state index is -0.153. The van der Waals surface area contributed by atoms with Crippen molar-refractivity contribution in [2.24, 2.45) is 7.05 Å². The van der Waals surface area contributed by atoms with Crippen molar-refractivity contribution < 1.29 is 4.79 Å². The second-order valence-corrected chi connectivity index (χ2v) is 6.66. The Kier molecular flexibility index (Phi) is 3.96. The van der Waals surface area contributed by atoms with Gasteiger partial charge in [0.25, 0.3) is 5.91 Å². The van der Waals surface area contributed by atoms with E-state index >= 15 is 0 Å². The second-order valence-electron chi connectivity index (χ2n) is 6.66. The quantitative estimate of drug-likeness (QED) is 0.668. The van der Waals surface area contributed by atoms with E-state index in [1.54, 1.807) is 10.8 Å². The van der Waals surface area contributed by atoms with Gasteiger partial charge in [-0.25, -0.2) is 0 Å². The first-order chi connectivity index (χ1) is 12.6. The molecule has 3 aromatic rings. The molecule has 0 N–H and O–H groups in total. The fourth-order valence-electron chi connectivity index (χ4n) is 3.69. The van der Waals surface area contributed by atoms with Crippen LogP contribution in [-0.4, -0.2) is 27.1 Å². The van der Waals surface area contributed by atoms with E-state index in [0.29, 0.717) is 12.2 Å². The largest absolute Gasteiger partial charge is 0.322 e. The standard InChI is InChI=1S/C22H21N3O/c1-4-14-25-20(17-12-10-15(2)11-13-17)18-19(16-8-6-5-7-9-16)23-24(3)21(18)22(25)26/h4-13,20H,1,14H2,2-3H3. The maximum atomic E-state index is 13.1. The SMILES string of the molecule is C=CCN1C(=O)c2c(c(-c3ccccc3)nn2C)C1c1ccc(C)cc1. The maximum Gasteiger partial charge on any atom is 0.273 e. The van der Waals surface area contributed by atoms with Crippen LogP contribution in [0.25, 0.3) is 11.3 Å². The molecular formula is C22H21N3O. The van der Waals surface area contributed by atoms with Gasteiger partial charge < -0.3 is 4.90 Å². The topological polar surface area (TPSA) is 38.1 Å². The van der Waals surface area contributed by atoms with E-state index in [4.69, 9.17) is 0 Å². The summed E-state index contributed by atoms with van der Waals surface area (Å²) in [4.78, 5) is 15.0. The van der Waals surface area contributed by atoms with Gasteiger partial charge in [0.2, 0.25) is 0 Å². The summed E-state index contributed by atoms with van der Waals surface area (Å²) in [5, 5.41) is 4.68. The van der Waals surface area contributed by atoms with Crippen LogP contribution in [0.15, 0.2) is 67.3 Å². The Morgan fingerprint density at radius 3 is 2.46 bits per heavy atom. The molecule has 0 spiro atoms. The van der Waals surface area contributed by atoms with Crippen molar-refractivity contribution in [1.82, 2.24) is 14.7 Å². The number of nitrogens with zero attached hydrogens (tertiary/aromatic N) is 3. The third-order valence-corrected chi connectivity index (χ3v) is 4.90. The number of aryl methyl sites for hydroxylation is 2. The van der Waals surface area contributed by atoms with Crippen molar-refractivity contribution in [3.05, 3.63) is 89.6 Å². The van der Waals surface area contributed by atoms with Crippen LogP contribution in [0, 0.1) is 6.92 Å². The fourth-order valence-corrected chi connectivity index (χ4v) is 3.69. The molecule has 4 rings (SSSR count). The molecule has 1 amide bonds. The van der Waals surface area contributed by atoms with Crippen LogP contribution in [0.2, 0.25) is 0 Å². The number of hydrogen-bond acceptors (Lipinski definition) is 2. The summed E-state index contributed by atoms with van der Waals surface area (Å²) in [6.07, 6.45) is 1.78. The summed E-state index contributed by atoms with van der Waals surface area (Å²) in [5.74, 6) is 0.00246. The molecule has 4 heteroatoms. The van der Waals surface area contributed by atoms with Crippen LogP contribution in [0.3, 0.4) is 0 Å². The molecular weight excluding hydrogens is 322 g/mol. The summed E-state index contributed by atoms with van der Waals surface area (Å²) in [6, 6.07) is 18.3. The molecule has 0 radical (unpaired) electrons. The highest BCUT2D eigenvalue weighted by Gasteiger charge is 2.42. The van der Waals surface area contributed by atoms with Crippen molar-refractivity contribution in [2.75, 3.05) is 6.54 Å². The first kappa shape index (κ1) is 16.3. The lowest BCUT2D eigenvalue weighted by Gasteiger charge is -2.25. The third-order valence-electron chi connectivity index (χ3n) is 4.90. The number of carbonyl (C=O) groups is 1. The number of benzene rings is 2. The molecule has 1 atom stereocenters. The number of hydrogen-bond donors (Lipinski definition) is 0. The summed E-state index contributed by atoms with van der Waals surface area (Å²) in [7, 11) is 1.84. The highest BCUT2D eigenvalue weighted by molar-refractivity contribution is 6.00. The van der Waals surface area contributed by atoms with Gasteiger partial charge in [-0.1, -0.05) is 66.2 Å². The molecule has 0 fully saturated rings. The second kappa shape index (κ2) is 6.30. The van der Waals surface area contributed by atoms with Gasteiger partial charge in [-0.15, -0.1) is 6.58 Å². The summed E-state index contributed by atoms with van der Waals surface area (Å²) in [6.45, 7) is 6.40. The van der Waals surface area contributed by atoms with Crippen molar-refractivity contribution in [2.45, 2.75) is 13.0 Å². The van der Waals surface area contributed by atoms with Crippen LogP contribution in [0.5, 0.6) is 0 Å². The number of fused-ring (bicyclic) bond motifs is 1. The number of amides is 1. The van der Waals surface area contributed by atoms with Gasteiger partial charge in [0.1, 0.15) is 5.69 Å². The molecule has 4 nitrogen and oxygen atoms in total. The van der Waals surface area contributed by atoms with Gasteiger partial charge in [0.15, 0.2) is 0 Å². The lowest BCUT2D eigenvalue weighted by Crippen LogP contribution is -2.30. The zero-order valence-corrected chi connectivity index (χ0v) is 15.0. The van der Waals surface area contributed by atoms with E-state index in [0.717, 1.165) is 22.4 Å². The summed E-state index contributed by atoms with van der Waals surface area (Å²) in [5.41, 5.74) is 5.83. The molecule has 0 saturated heterocycles. The Bertz CT molecular complexity index is 971. The predicted molar refractivity (Wildman–Crippen MR) is 103 cm³/mol. The van der Waals surface area contributed by atoms with E-state index < -0.39 is 0 Å². The Morgan fingerprint density at radius 2 is 1.81 bits per heavy atom. The van der Waals surface area contributed by atoms with Crippen molar-refractivity contribution in [1.29, 1.82) is 0 Å². The lowest BCUT2D eigenvalue weighted by atomic mass is 9.95. The Morgan fingerprint density at radius 1 is 1.12 bits per heavy atom. The molecule has 130 valence electrons. The Balaban J connectivity index is 1.95. The summed E-state index contributed by atoms with van der Waals surface area (Å²) < 4.78 is 1.71. The molecule has 1 unspecified atom stereocenters. The highest BCUT2D eigenvalue weighted by atomic mass is 16.2. The van der Waals surface area contributed by atoms with Gasteiger partial charge in [-0.3, -0.25) is 9.48 Å². The maximum absolute atomic E-state index is 13.1. The number of rotatable bonds is 4. The predicted octanol–water partition coefficient (Wildman–Crippen LogP) is 4.13. The van der Waals surface area contributed by atoms with Gasteiger partial charge >= 0.3 is 0 Å². The number of aromatic nitrogens is 2. The monoisotopic (exact) mass is 343 g/mol. The molecule has 1 aliphatic rings. The van der Waals surface area contributed by atoms with Crippen LogP contribution < -0.4 is 0 Å². The average molecular weight is 343 g/mol. The molecule has 1 aromatic heterocycles. The normalized spacial score (nSPS) is 16.0. The average Bonchev–Trinajstić information content (AvgIpc) is 3.13. The highest BCUT2D eigenvalue weighted by Crippen LogP contribution is 2.43. The summed E-state index contributed by atoms with van der Waals surface area (Å²) >= 11 is 0. The van der Waals surface area contributed by atoms with Gasteiger partial charge in [-0.2, -0.15) is 5.10 Å². The zero-order valence-electron chi connectivity index (χ0n) is 15.0. The molecule has 2 heterocycles. The van der Waals surface area contributed by atoms with E-state index in [1.807, 2.05) is 42.3 Å². The Labute approximate surface area is 153 Å². The van der Waals surface area contributed by atoms with E-state index in [-0.39, 0.29) is 11.9 Å². The van der Waals surface area contributed by atoms with Gasteiger partial charge in [0, 0.05) is 24.7 Å². The first-order valence-corrected chi connectivity index (χ1v) is 8.72. The molecule has 26 heavy (non-hydrogen) atoms. The van der Waals surface area contributed by atoms with Gasteiger partial charge in [-0.05, 0) is 12.5 Å². The molecule has 0 bridgehead atoms. The van der Waals surface area contributed by atoms with Crippen LogP contribution in [0.1, 0.15) is 33.2 Å². The fraction of sp³-hybridized carbons (Fsp3) is 0.182. The first-order valence-electron chi connectivity index (χ1n) is 8.72. The van der Waals surface area contributed by atoms with E-state index in [2.05, 4.69) is 42.9 Å². The minimum Gasteiger partial charge on any atom is -0.322 e. The smallest absolute Gasteiger partial charge is 0.273 e. The van der Waals surface area contributed by atoms with E-state index in [1.165, 1.54) is 5.56 Å².